The van der Waals surface area contributed by atoms with Crippen molar-refractivity contribution < 1.29 is 26.3 Å². The summed E-state index contributed by atoms with van der Waals surface area (Å²) in [6, 6.07) is 14.6. The van der Waals surface area contributed by atoms with Crippen LogP contribution in [0.4, 0.5) is 18.9 Å². The van der Waals surface area contributed by atoms with Crippen LogP contribution in [-0.4, -0.2) is 33.7 Å². The third-order valence-corrected chi connectivity index (χ3v) is 6.46. The van der Waals surface area contributed by atoms with Crippen molar-refractivity contribution in [2.75, 3.05) is 13.4 Å². The van der Waals surface area contributed by atoms with Gasteiger partial charge in [-0.05, 0) is 52.9 Å². The maximum Gasteiger partial charge on any atom is 0.430 e. The molecule has 168 valence electrons. The number of hydrogen-bond acceptors (Lipinski definition) is 6. The Morgan fingerprint density at radius 1 is 1.09 bits per heavy atom. The standard InChI is InChI=1S/C22H19F3N2O3S2/c1-30-19-9-4-3-8-17(19)27-18(12-21(26)22(23,24)25)20-11-15(13-31-20)14-6-5-7-16(10-14)32(2,28)29/h3-13H,26H2,1-2H3. The summed E-state index contributed by atoms with van der Waals surface area (Å²) in [6.07, 6.45) is -2.84. The van der Waals surface area contributed by atoms with E-state index in [1.807, 2.05) is 0 Å². The zero-order chi connectivity index (χ0) is 23.5. The molecular weight excluding hydrogens is 461 g/mol. The molecule has 32 heavy (non-hydrogen) atoms. The Morgan fingerprint density at radius 2 is 1.81 bits per heavy atom. The van der Waals surface area contributed by atoms with Crippen molar-refractivity contribution in [3.05, 3.63) is 76.6 Å². The first-order chi connectivity index (χ1) is 15.0. The van der Waals surface area contributed by atoms with E-state index >= 15 is 0 Å². The van der Waals surface area contributed by atoms with E-state index in [2.05, 4.69) is 4.99 Å². The number of halogens is 3. The average Bonchev–Trinajstić information content (AvgIpc) is 3.22. The predicted octanol–water partition coefficient (Wildman–Crippen LogP) is 5.35. The van der Waals surface area contributed by atoms with Gasteiger partial charge in [0, 0.05) is 6.26 Å². The van der Waals surface area contributed by atoms with Gasteiger partial charge in [-0.3, -0.25) is 0 Å². The number of benzene rings is 2. The molecule has 0 spiro atoms. The van der Waals surface area contributed by atoms with E-state index in [0.29, 0.717) is 27.4 Å². The summed E-state index contributed by atoms with van der Waals surface area (Å²) in [5.41, 5.74) is 5.56. The molecule has 0 radical (unpaired) electrons. The van der Waals surface area contributed by atoms with Crippen LogP contribution in [0.25, 0.3) is 11.1 Å². The Hall–Kier alpha value is -3.11. The summed E-state index contributed by atoms with van der Waals surface area (Å²) in [5, 5.41) is 1.71. The lowest BCUT2D eigenvalue weighted by Gasteiger charge is -2.08. The average molecular weight is 481 g/mol. The molecule has 2 aromatic carbocycles. The number of hydrogen-bond donors (Lipinski definition) is 1. The van der Waals surface area contributed by atoms with Gasteiger partial charge in [0.2, 0.25) is 0 Å². The zero-order valence-corrected chi connectivity index (χ0v) is 18.7. The zero-order valence-electron chi connectivity index (χ0n) is 17.1. The Balaban J connectivity index is 2.12. The van der Waals surface area contributed by atoms with Gasteiger partial charge in [0.05, 0.1) is 22.6 Å². The van der Waals surface area contributed by atoms with Crippen LogP contribution < -0.4 is 10.5 Å². The molecule has 0 aliphatic rings. The van der Waals surface area contributed by atoms with Crippen molar-refractivity contribution in [3.8, 4) is 16.9 Å². The molecule has 0 unspecified atom stereocenters. The molecule has 0 bridgehead atoms. The second-order valence-corrected chi connectivity index (χ2v) is 9.69. The molecule has 3 rings (SSSR count). The minimum atomic E-state index is -4.72. The van der Waals surface area contributed by atoms with Crippen molar-refractivity contribution in [1.82, 2.24) is 0 Å². The number of alkyl halides is 3. The fourth-order valence-corrected chi connectivity index (χ4v) is 4.31. The molecule has 2 N–H and O–H groups in total. The maximum atomic E-state index is 13.1. The monoisotopic (exact) mass is 480 g/mol. The second kappa shape index (κ2) is 9.17. The first kappa shape index (κ1) is 23.6. The second-order valence-electron chi connectivity index (χ2n) is 6.77. The van der Waals surface area contributed by atoms with Gasteiger partial charge < -0.3 is 10.5 Å². The lowest BCUT2D eigenvalue weighted by atomic mass is 10.1. The van der Waals surface area contributed by atoms with Crippen LogP contribution in [0, 0.1) is 0 Å². The molecule has 0 amide bonds. The molecule has 0 aliphatic carbocycles. The fourth-order valence-electron chi connectivity index (χ4n) is 2.77. The van der Waals surface area contributed by atoms with E-state index in [4.69, 9.17) is 10.5 Å². The highest BCUT2D eigenvalue weighted by Gasteiger charge is 2.32. The number of methoxy groups -OCH3 is 1. The van der Waals surface area contributed by atoms with E-state index < -0.39 is 21.7 Å². The third-order valence-electron chi connectivity index (χ3n) is 4.39. The van der Waals surface area contributed by atoms with E-state index in [1.54, 1.807) is 47.8 Å². The summed E-state index contributed by atoms with van der Waals surface area (Å²) in [5.74, 6) is 0.390. The van der Waals surface area contributed by atoms with Crippen molar-refractivity contribution in [3.63, 3.8) is 0 Å². The van der Waals surface area contributed by atoms with Crippen LogP contribution in [0.2, 0.25) is 0 Å². The van der Waals surface area contributed by atoms with Crippen LogP contribution in [0.5, 0.6) is 5.75 Å². The van der Waals surface area contributed by atoms with Gasteiger partial charge in [0.1, 0.15) is 17.1 Å². The number of allylic oxidation sites excluding steroid dienone is 2. The number of rotatable bonds is 6. The number of aliphatic imine (C=N–C) groups is 1. The molecule has 0 aliphatic heterocycles. The lowest BCUT2D eigenvalue weighted by molar-refractivity contribution is -0.0925. The number of nitrogens with zero attached hydrogens (tertiary/aromatic N) is 1. The van der Waals surface area contributed by atoms with Crippen LogP contribution in [0.3, 0.4) is 0 Å². The van der Waals surface area contributed by atoms with Gasteiger partial charge in [-0.15, -0.1) is 11.3 Å². The fraction of sp³-hybridized carbons (Fsp3) is 0.136. The van der Waals surface area contributed by atoms with Gasteiger partial charge >= 0.3 is 6.18 Å². The topological polar surface area (TPSA) is 81.8 Å². The van der Waals surface area contributed by atoms with Gasteiger partial charge in [0.15, 0.2) is 9.84 Å². The molecule has 10 heteroatoms. The van der Waals surface area contributed by atoms with Gasteiger partial charge in [-0.2, -0.15) is 13.2 Å². The largest absolute Gasteiger partial charge is 0.494 e. The van der Waals surface area contributed by atoms with Crippen molar-refractivity contribution in [2.45, 2.75) is 11.1 Å². The SMILES string of the molecule is COc1ccccc1N=C(C=C(N)C(F)(F)F)c1cc(-c2cccc(S(C)(=O)=O)c2)cs1. The van der Waals surface area contributed by atoms with Gasteiger partial charge in [0.25, 0.3) is 0 Å². The van der Waals surface area contributed by atoms with E-state index in [-0.39, 0.29) is 10.6 Å². The third kappa shape index (κ3) is 5.57. The Bertz CT molecular complexity index is 1290. The quantitative estimate of drug-likeness (QED) is 0.482. The normalized spacial score (nSPS) is 13.3. The minimum Gasteiger partial charge on any atom is -0.494 e. The summed E-state index contributed by atoms with van der Waals surface area (Å²) < 4.78 is 68.3. The number of para-hydroxylation sites is 2. The molecule has 0 fully saturated rings. The Labute approximate surface area is 187 Å². The van der Waals surface area contributed by atoms with E-state index in [9.17, 15) is 21.6 Å². The van der Waals surface area contributed by atoms with Crippen LogP contribution in [0.1, 0.15) is 4.88 Å². The summed E-state index contributed by atoms with van der Waals surface area (Å²) in [6.45, 7) is 0. The highest BCUT2D eigenvalue weighted by molar-refractivity contribution is 7.90. The first-order valence-corrected chi connectivity index (χ1v) is 11.9. The Morgan fingerprint density at radius 3 is 2.47 bits per heavy atom. The lowest BCUT2D eigenvalue weighted by Crippen LogP contribution is -2.20. The number of ether oxygens (including phenoxy) is 1. The molecule has 5 nitrogen and oxygen atoms in total. The summed E-state index contributed by atoms with van der Waals surface area (Å²) in [7, 11) is -1.97. The molecule has 1 heterocycles. The summed E-state index contributed by atoms with van der Waals surface area (Å²) in [4.78, 5) is 4.93. The highest BCUT2D eigenvalue weighted by atomic mass is 32.2. The first-order valence-electron chi connectivity index (χ1n) is 9.14. The van der Waals surface area contributed by atoms with Crippen LogP contribution in [0.15, 0.2) is 81.6 Å². The smallest absolute Gasteiger partial charge is 0.430 e. The Kier molecular flexibility index (Phi) is 6.75. The number of sulfone groups is 1. The molecule has 0 saturated carbocycles. The van der Waals surface area contributed by atoms with Crippen molar-refractivity contribution >= 4 is 32.6 Å². The van der Waals surface area contributed by atoms with Gasteiger partial charge in [-0.25, -0.2) is 13.4 Å². The van der Waals surface area contributed by atoms with Crippen LogP contribution >= 0.6 is 11.3 Å². The number of thiophene rings is 1. The van der Waals surface area contributed by atoms with Crippen molar-refractivity contribution in [1.29, 1.82) is 0 Å². The highest BCUT2D eigenvalue weighted by Crippen LogP contribution is 2.32. The molecule has 0 saturated heterocycles. The molecule has 0 atom stereocenters. The number of nitrogens with two attached hydrogens (primary N) is 1. The van der Waals surface area contributed by atoms with Crippen molar-refractivity contribution in [2.24, 2.45) is 10.7 Å². The minimum absolute atomic E-state index is 0.000146. The molecular formula is C22H19F3N2O3S2. The van der Waals surface area contributed by atoms with E-state index in [1.165, 1.54) is 19.2 Å². The van der Waals surface area contributed by atoms with Gasteiger partial charge in [-0.1, -0.05) is 24.3 Å². The summed E-state index contributed by atoms with van der Waals surface area (Å²) >= 11 is 1.16. The molecule has 3 aromatic rings. The predicted molar refractivity (Wildman–Crippen MR) is 120 cm³/mol. The van der Waals surface area contributed by atoms with Crippen LogP contribution in [-0.2, 0) is 9.84 Å². The molecule has 1 aromatic heterocycles. The maximum absolute atomic E-state index is 13.1. The van der Waals surface area contributed by atoms with E-state index in [0.717, 1.165) is 23.7 Å².